The van der Waals surface area contributed by atoms with Crippen LogP contribution in [0.5, 0.6) is 5.75 Å². The number of fused-ring (bicyclic) bond motifs is 3. The predicted molar refractivity (Wildman–Crippen MR) is 103 cm³/mol. The maximum Gasteiger partial charge on any atom is 0.259 e. The van der Waals surface area contributed by atoms with Crippen LogP contribution in [0.1, 0.15) is 38.4 Å². The Morgan fingerprint density at radius 1 is 1.36 bits per heavy atom. The Labute approximate surface area is 161 Å². The van der Waals surface area contributed by atoms with Crippen molar-refractivity contribution < 1.29 is 13.9 Å². The second kappa shape index (κ2) is 6.57. The average Bonchev–Trinajstić information content (AvgIpc) is 3.13. The molecule has 0 radical (unpaired) electrons. The van der Waals surface area contributed by atoms with Crippen molar-refractivity contribution >= 4 is 28.4 Å². The molecule has 0 bridgehead atoms. The van der Waals surface area contributed by atoms with Crippen LogP contribution < -0.4 is 10.5 Å². The Bertz CT molecular complexity index is 1060. The zero-order valence-electron chi connectivity index (χ0n) is 16.1. The van der Waals surface area contributed by atoms with E-state index in [-0.39, 0.29) is 11.9 Å². The summed E-state index contributed by atoms with van der Waals surface area (Å²) in [6.45, 7) is 3.50. The number of alkyl halides is 1. The topological polar surface area (TPSA) is 98.6 Å². The van der Waals surface area contributed by atoms with Crippen LogP contribution in [0.15, 0.2) is 18.2 Å². The molecule has 0 saturated carbocycles. The van der Waals surface area contributed by atoms with Crippen LogP contribution in [0, 0.1) is 0 Å². The highest BCUT2D eigenvalue weighted by molar-refractivity contribution is 5.95. The van der Waals surface area contributed by atoms with Crippen molar-refractivity contribution in [3.63, 3.8) is 0 Å². The van der Waals surface area contributed by atoms with Crippen LogP contribution >= 0.6 is 0 Å². The summed E-state index contributed by atoms with van der Waals surface area (Å²) in [6, 6.07) is 5.56. The van der Waals surface area contributed by atoms with E-state index in [9.17, 15) is 9.18 Å². The molecule has 8 nitrogen and oxygen atoms in total. The largest absolute Gasteiger partial charge is 0.494 e. The van der Waals surface area contributed by atoms with Gasteiger partial charge in [-0.1, -0.05) is 6.07 Å². The summed E-state index contributed by atoms with van der Waals surface area (Å²) in [5.74, 6) is 0.811. The number of nitrogens with zero attached hydrogens (tertiary/aromatic N) is 5. The number of para-hydroxylation sites is 1. The molecule has 1 aliphatic rings. The highest BCUT2D eigenvalue weighted by atomic mass is 19.1. The summed E-state index contributed by atoms with van der Waals surface area (Å²) in [4.78, 5) is 23.0. The fraction of sp³-hybridized carbons (Fsp3) is 0.474. The molecule has 1 saturated heterocycles. The fourth-order valence-electron chi connectivity index (χ4n) is 3.73. The third kappa shape index (κ3) is 3.00. The van der Waals surface area contributed by atoms with Gasteiger partial charge in [-0.3, -0.25) is 4.79 Å². The maximum absolute atomic E-state index is 14.1. The van der Waals surface area contributed by atoms with Gasteiger partial charge in [0.1, 0.15) is 11.3 Å². The van der Waals surface area contributed by atoms with E-state index in [1.165, 1.54) is 18.4 Å². The van der Waals surface area contributed by atoms with Gasteiger partial charge in [0, 0.05) is 24.4 Å². The lowest BCUT2D eigenvalue weighted by molar-refractivity contribution is -0.143. The number of carbonyl (C=O) groups is 1. The van der Waals surface area contributed by atoms with E-state index in [0.717, 1.165) is 18.2 Å². The number of piperidine rings is 1. The molecule has 1 aliphatic heterocycles. The van der Waals surface area contributed by atoms with Crippen molar-refractivity contribution in [3.05, 3.63) is 24.0 Å². The number of likely N-dealkylation sites (tertiary alicyclic amines) is 1. The van der Waals surface area contributed by atoms with Gasteiger partial charge in [-0.2, -0.15) is 4.52 Å². The number of hydrogen-bond acceptors (Lipinski definition) is 6. The summed E-state index contributed by atoms with van der Waals surface area (Å²) in [5, 5.41) is 5.32. The first-order chi connectivity index (χ1) is 13.3. The van der Waals surface area contributed by atoms with Gasteiger partial charge in [0.15, 0.2) is 17.1 Å². The number of benzene rings is 1. The Hall–Kier alpha value is -2.97. The molecule has 0 aliphatic carbocycles. The maximum atomic E-state index is 14.1. The van der Waals surface area contributed by atoms with Crippen molar-refractivity contribution in [2.45, 2.75) is 38.3 Å². The molecular weight excluding hydrogens is 363 g/mol. The molecule has 1 amide bonds. The van der Waals surface area contributed by atoms with Crippen LogP contribution in [0.3, 0.4) is 0 Å². The smallest absolute Gasteiger partial charge is 0.259 e. The zero-order valence-corrected chi connectivity index (χ0v) is 16.1. The van der Waals surface area contributed by atoms with E-state index in [0.29, 0.717) is 35.8 Å². The number of ether oxygens (including phenoxy) is 1. The molecular formula is C19H23FN6O2. The standard InChI is InChI=1S/C19H23FN6O2/c1-19(2,20)17(27)25-9-5-6-11(10-25)15-23-16-12-7-4-8-13(28-3)14(12)22-18(21)26(16)24-15/h4,7-8,11H,5-6,9-10H2,1-3H3,(H2,21,22)/t11-/m1/s1. The molecule has 3 heterocycles. The van der Waals surface area contributed by atoms with Crippen molar-refractivity contribution in [1.29, 1.82) is 0 Å². The minimum atomic E-state index is -1.89. The summed E-state index contributed by atoms with van der Waals surface area (Å²) in [6.07, 6.45) is 1.59. The van der Waals surface area contributed by atoms with Gasteiger partial charge >= 0.3 is 0 Å². The molecule has 1 aromatic carbocycles. The summed E-state index contributed by atoms with van der Waals surface area (Å²) in [5.41, 5.74) is 5.42. The molecule has 9 heteroatoms. The minimum Gasteiger partial charge on any atom is -0.494 e. The number of hydrogen-bond donors (Lipinski definition) is 1. The number of rotatable bonds is 3. The second-order valence-electron chi connectivity index (χ2n) is 7.59. The highest BCUT2D eigenvalue weighted by Gasteiger charge is 2.35. The number of nitrogens with two attached hydrogens (primary N) is 1. The first-order valence-corrected chi connectivity index (χ1v) is 9.26. The van der Waals surface area contributed by atoms with E-state index >= 15 is 0 Å². The van der Waals surface area contributed by atoms with Gasteiger partial charge < -0.3 is 15.4 Å². The minimum absolute atomic E-state index is 0.0833. The number of carbonyl (C=O) groups excluding carboxylic acids is 1. The van der Waals surface area contributed by atoms with E-state index in [2.05, 4.69) is 10.1 Å². The number of methoxy groups -OCH3 is 1. The fourth-order valence-corrected chi connectivity index (χ4v) is 3.73. The molecule has 2 N–H and O–H groups in total. The molecule has 2 aromatic heterocycles. The SMILES string of the molecule is COc1cccc2c1nc(N)n1nc([C@@H]3CCCN(C(=O)C(C)(C)F)C3)nc21. The Kier molecular flexibility index (Phi) is 4.32. The number of aromatic nitrogens is 4. The molecule has 0 unspecified atom stereocenters. The second-order valence-corrected chi connectivity index (χ2v) is 7.59. The third-order valence-electron chi connectivity index (χ3n) is 5.11. The van der Waals surface area contributed by atoms with Crippen molar-refractivity contribution in [2.75, 3.05) is 25.9 Å². The zero-order chi connectivity index (χ0) is 20.1. The van der Waals surface area contributed by atoms with Gasteiger partial charge in [-0.25, -0.2) is 14.4 Å². The molecule has 148 valence electrons. The van der Waals surface area contributed by atoms with E-state index in [1.54, 1.807) is 12.0 Å². The first kappa shape index (κ1) is 18.4. The van der Waals surface area contributed by atoms with E-state index in [4.69, 9.17) is 15.5 Å². The number of nitrogen functional groups attached to an aromatic ring is 1. The monoisotopic (exact) mass is 386 g/mol. The highest BCUT2D eigenvalue weighted by Crippen LogP contribution is 2.31. The molecule has 28 heavy (non-hydrogen) atoms. The van der Waals surface area contributed by atoms with Gasteiger partial charge in [-0.15, -0.1) is 5.10 Å². The third-order valence-corrected chi connectivity index (χ3v) is 5.11. The lowest BCUT2D eigenvalue weighted by atomic mass is 9.96. The van der Waals surface area contributed by atoms with Crippen LogP contribution in [0.4, 0.5) is 10.3 Å². The normalized spacial score (nSPS) is 18.0. The predicted octanol–water partition coefficient (Wildman–Crippen LogP) is 2.32. The Balaban J connectivity index is 1.75. The van der Waals surface area contributed by atoms with E-state index in [1.807, 2.05) is 18.2 Å². The number of amides is 1. The lowest BCUT2D eigenvalue weighted by Gasteiger charge is -2.34. The van der Waals surface area contributed by atoms with Gasteiger partial charge in [0.25, 0.3) is 5.91 Å². The molecule has 0 spiro atoms. The van der Waals surface area contributed by atoms with E-state index < -0.39 is 11.6 Å². The van der Waals surface area contributed by atoms with Gasteiger partial charge in [-0.05, 0) is 38.8 Å². The summed E-state index contributed by atoms with van der Waals surface area (Å²) >= 11 is 0. The van der Waals surface area contributed by atoms with Crippen LogP contribution in [0.2, 0.25) is 0 Å². The van der Waals surface area contributed by atoms with Crippen molar-refractivity contribution in [2.24, 2.45) is 0 Å². The lowest BCUT2D eigenvalue weighted by Crippen LogP contribution is -2.47. The summed E-state index contributed by atoms with van der Waals surface area (Å²) in [7, 11) is 1.58. The van der Waals surface area contributed by atoms with Crippen LogP contribution in [0.25, 0.3) is 16.6 Å². The number of anilines is 1. The van der Waals surface area contributed by atoms with Crippen LogP contribution in [-0.4, -0.2) is 56.3 Å². The Morgan fingerprint density at radius 3 is 2.86 bits per heavy atom. The molecule has 4 rings (SSSR count). The van der Waals surface area contributed by atoms with Crippen LogP contribution in [-0.2, 0) is 4.79 Å². The Morgan fingerprint density at radius 2 is 2.14 bits per heavy atom. The first-order valence-electron chi connectivity index (χ1n) is 9.26. The number of halogens is 1. The van der Waals surface area contributed by atoms with Crippen molar-refractivity contribution in [1.82, 2.24) is 24.5 Å². The molecule has 3 aromatic rings. The quantitative estimate of drug-likeness (QED) is 0.742. The molecule has 1 atom stereocenters. The summed E-state index contributed by atoms with van der Waals surface area (Å²) < 4.78 is 21.0. The van der Waals surface area contributed by atoms with Gasteiger partial charge in [0.05, 0.1) is 7.11 Å². The van der Waals surface area contributed by atoms with Gasteiger partial charge in [0.2, 0.25) is 5.95 Å². The average molecular weight is 386 g/mol. The molecule has 1 fully saturated rings. The van der Waals surface area contributed by atoms with Crippen molar-refractivity contribution in [3.8, 4) is 5.75 Å².